The lowest BCUT2D eigenvalue weighted by Crippen LogP contribution is -2.53. The van der Waals surface area contributed by atoms with Gasteiger partial charge in [-0.2, -0.15) is 0 Å². The third-order valence-corrected chi connectivity index (χ3v) is 11.4. The molecular weight excluding hydrogens is 598 g/mol. The Kier molecular flexibility index (Phi) is 9.98. The topological polar surface area (TPSA) is 113 Å². The molecule has 0 spiro atoms. The molecule has 4 atom stereocenters. The van der Waals surface area contributed by atoms with Crippen molar-refractivity contribution < 1.29 is 18.0 Å². The predicted octanol–water partition coefficient (Wildman–Crippen LogP) is 5.12. The summed E-state index contributed by atoms with van der Waals surface area (Å²) in [5.74, 6) is -0.298. The zero-order chi connectivity index (χ0) is 33.2. The van der Waals surface area contributed by atoms with Gasteiger partial charge in [0.1, 0.15) is 17.6 Å². The van der Waals surface area contributed by atoms with E-state index < -0.39 is 21.8 Å². The quantitative estimate of drug-likeness (QED) is 0.344. The smallest absolute Gasteiger partial charge is 0.271 e. The summed E-state index contributed by atoms with van der Waals surface area (Å²) in [4.78, 5) is 41.5. The van der Waals surface area contributed by atoms with E-state index in [-0.39, 0.29) is 40.8 Å². The molecule has 2 aliphatic rings. The van der Waals surface area contributed by atoms with Crippen LogP contribution in [-0.2, 0) is 20.0 Å². The summed E-state index contributed by atoms with van der Waals surface area (Å²) in [5.41, 5.74) is 1.29. The van der Waals surface area contributed by atoms with Crippen molar-refractivity contribution in [2.24, 2.45) is 5.92 Å². The molecule has 9 nitrogen and oxygen atoms in total. The number of hydrogen-bond acceptors (Lipinski definition) is 7. The minimum Gasteiger partial charge on any atom is -0.339 e. The second-order valence-electron chi connectivity index (χ2n) is 14.1. The second-order valence-corrected chi connectivity index (χ2v) is 16.1. The third-order valence-electron chi connectivity index (χ3n) is 9.55. The first-order chi connectivity index (χ1) is 21.8. The lowest BCUT2D eigenvalue weighted by Gasteiger charge is -2.44. The van der Waals surface area contributed by atoms with E-state index in [0.717, 1.165) is 12.0 Å². The van der Waals surface area contributed by atoms with Crippen molar-refractivity contribution in [3.8, 4) is 11.1 Å². The number of sulfone groups is 1. The van der Waals surface area contributed by atoms with Crippen molar-refractivity contribution in [1.29, 1.82) is 0 Å². The van der Waals surface area contributed by atoms with Gasteiger partial charge in [-0.05, 0) is 70.2 Å². The molecule has 1 aliphatic carbocycles. The Morgan fingerprint density at radius 1 is 1.02 bits per heavy atom. The van der Waals surface area contributed by atoms with E-state index in [4.69, 9.17) is 4.98 Å². The van der Waals surface area contributed by atoms with Crippen molar-refractivity contribution in [1.82, 2.24) is 25.1 Å². The van der Waals surface area contributed by atoms with Gasteiger partial charge in [-0.15, -0.1) is 0 Å². The van der Waals surface area contributed by atoms with Crippen LogP contribution in [0.1, 0.15) is 76.6 Å². The second kappa shape index (κ2) is 13.6. The van der Waals surface area contributed by atoms with Crippen LogP contribution in [-0.4, -0.2) is 83.5 Å². The Labute approximate surface area is 273 Å². The van der Waals surface area contributed by atoms with E-state index in [9.17, 15) is 18.0 Å². The fraction of sp³-hybridized carbons (Fsp3) is 0.500. The molecular formula is C36H47N5O4S. The number of amides is 2. The molecule has 46 heavy (non-hydrogen) atoms. The van der Waals surface area contributed by atoms with Crippen LogP contribution in [0.2, 0.25) is 0 Å². The van der Waals surface area contributed by atoms with Crippen LogP contribution < -0.4 is 5.32 Å². The van der Waals surface area contributed by atoms with Crippen LogP contribution in [0.15, 0.2) is 71.8 Å². The first-order valence-electron chi connectivity index (χ1n) is 16.3. The van der Waals surface area contributed by atoms with Crippen LogP contribution in [0.25, 0.3) is 11.1 Å². The Morgan fingerprint density at radius 3 is 2.30 bits per heavy atom. The number of rotatable bonds is 9. The summed E-state index contributed by atoms with van der Waals surface area (Å²) >= 11 is 0. The number of carbonyl (C=O) groups excluding carboxylic acids is 2. The highest BCUT2D eigenvalue weighted by atomic mass is 32.2. The molecule has 0 radical (unpaired) electrons. The summed E-state index contributed by atoms with van der Waals surface area (Å²) < 4.78 is 27.2. The van der Waals surface area contributed by atoms with Crippen molar-refractivity contribution >= 4 is 21.7 Å². The molecule has 246 valence electrons. The van der Waals surface area contributed by atoms with E-state index in [2.05, 4.69) is 36.1 Å². The van der Waals surface area contributed by atoms with Gasteiger partial charge in [0.2, 0.25) is 5.91 Å². The van der Waals surface area contributed by atoms with Gasteiger partial charge in [-0.3, -0.25) is 9.59 Å². The van der Waals surface area contributed by atoms with Gasteiger partial charge in [0.25, 0.3) is 5.91 Å². The van der Waals surface area contributed by atoms with Gasteiger partial charge in [0, 0.05) is 41.8 Å². The van der Waals surface area contributed by atoms with Gasteiger partial charge < -0.3 is 15.1 Å². The number of benzene rings is 2. The largest absolute Gasteiger partial charge is 0.339 e. The van der Waals surface area contributed by atoms with Gasteiger partial charge >= 0.3 is 0 Å². The summed E-state index contributed by atoms with van der Waals surface area (Å²) in [6, 6.07) is 17.7. The number of aromatic nitrogens is 2. The number of nitrogens with zero attached hydrogens (tertiary/aromatic N) is 4. The highest BCUT2D eigenvalue weighted by molar-refractivity contribution is 7.91. The Balaban J connectivity index is 1.38. The highest BCUT2D eigenvalue weighted by Crippen LogP contribution is 2.36. The molecule has 1 aliphatic heterocycles. The minimum absolute atomic E-state index is 0.0259. The van der Waals surface area contributed by atoms with Crippen LogP contribution in [0.5, 0.6) is 0 Å². The zero-order valence-electron chi connectivity index (χ0n) is 27.8. The number of nitrogens with one attached hydrogen (secondary N) is 1. The highest BCUT2D eigenvalue weighted by Gasteiger charge is 2.44. The van der Waals surface area contributed by atoms with Gasteiger partial charge in [-0.25, -0.2) is 18.4 Å². The predicted molar refractivity (Wildman–Crippen MR) is 180 cm³/mol. The first kappa shape index (κ1) is 33.7. The van der Waals surface area contributed by atoms with E-state index in [1.165, 1.54) is 0 Å². The fourth-order valence-corrected chi connectivity index (χ4v) is 8.43. The molecule has 2 heterocycles. The first-order valence-corrected chi connectivity index (χ1v) is 18.0. The molecule has 1 N–H and O–H groups in total. The average molecular weight is 646 g/mol. The number of likely N-dealkylation sites (tertiary alicyclic amines) is 1. The summed E-state index contributed by atoms with van der Waals surface area (Å²) in [5, 5.41) is 2.99. The lowest BCUT2D eigenvalue weighted by atomic mass is 9.81. The van der Waals surface area contributed by atoms with Crippen LogP contribution in [0.4, 0.5) is 0 Å². The van der Waals surface area contributed by atoms with E-state index in [1.807, 2.05) is 62.1 Å². The molecule has 5 rings (SSSR count). The van der Waals surface area contributed by atoms with Gasteiger partial charge in [-0.1, -0.05) is 69.3 Å². The molecule has 1 aromatic heterocycles. The SMILES string of the molecule is CC(C)N(C)[C@@H]1CC[C@H](N2CC[C@H](NC(=O)c3nc(C(C)(C)C)ncc3-c3ccccc3)C2=O)[C@H](CS(=O)(=O)c2ccccc2)C1. The average Bonchev–Trinajstić information content (AvgIpc) is 3.39. The van der Waals surface area contributed by atoms with Gasteiger partial charge in [0.05, 0.1) is 10.6 Å². The van der Waals surface area contributed by atoms with Crippen LogP contribution in [0.3, 0.4) is 0 Å². The third kappa shape index (κ3) is 7.33. The zero-order valence-corrected chi connectivity index (χ0v) is 28.6. The maximum Gasteiger partial charge on any atom is 0.271 e. The molecule has 3 aromatic rings. The molecule has 1 saturated carbocycles. The molecule has 0 bridgehead atoms. The monoisotopic (exact) mass is 645 g/mol. The maximum absolute atomic E-state index is 14.0. The Hall–Kier alpha value is -3.63. The van der Waals surface area contributed by atoms with Crippen molar-refractivity contribution in [3.05, 3.63) is 78.4 Å². The van der Waals surface area contributed by atoms with Crippen molar-refractivity contribution in [2.75, 3.05) is 19.3 Å². The fourth-order valence-electron chi connectivity index (χ4n) is 6.75. The summed E-state index contributed by atoms with van der Waals surface area (Å²) in [6.07, 6.45) is 4.40. The normalized spacial score (nSPS) is 22.4. The van der Waals surface area contributed by atoms with Crippen molar-refractivity contribution in [2.45, 2.75) is 94.8 Å². The van der Waals surface area contributed by atoms with E-state index >= 15 is 0 Å². The molecule has 2 aromatic carbocycles. The molecule has 0 unspecified atom stereocenters. The maximum atomic E-state index is 14.0. The van der Waals surface area contributed by atoms with E-state index in [0.29, 0.717) is 48.1 Å². The molecule has 1 saturated heterocycles. The minimum atomic E-state index is -3.57. The standard InChI is InChI=1S/C36H47N5O4S/c1-24(2)40(6)27-17-18-31(26(21-27)23-46(44,45)28-15-11-8-12-16-28)41-20-19-30(34(41)43)38-33(42)32-29(25-13-9-7-10-14-25)22-37-35(39-32)36(3,4)5/h7-16,22,24,26-27,30-31H,17-21,23H2,1-6H3,(H,38,42)/t26-,27+,30-,31-/m0/s1. The summed E-state index contributed by atoms with van der Waals surface area (Å²) in [7, 11) is -1.48. The molecule has 2 fully saturated rings. The van der Waals surface area contributed by atoms with E-state index in [1.54, 1.807) is 30.5 Å². The Bertz CT molecular complexity index is 1640. The van der Waals surface area contributed by atoms with Gasteiger partial charge in [0.15, 0.2) is 9.84 Å². The van der Waals surface area contributed by atoms with Crippen LogP contribution >= 0.6 is 0 Å². The molecule has 10 heteroatoms. The Morgan fingerprint density at radius 2 is 1.67 bits per heavy atom. The molecule has 2 amide bonds. The number of carbonyl (C=O) groups is 2. The number of hydrogen-bond donors (Lipinski definition) is 1. The lowest BCUT2D eigenvalue weighted by molar-refractivity contribution is -0.133. The van der Waals surface area contributed by atoms with Crippen molar-refractivity contribution in [3.63, 3.8) is 0 Å². The van der Waals surface area contributed by atoms with Crippen LogP contribution in [0, 0.1) is 5.92 Å². The summed E-state index contributed by atoms with van der Waals surface area (Å²) in [6.45, 7) is 10.7.